The minimum absolute atomic E-state index is 0.229. The summed E-state index contributed by atoms with van der Waals surface area (Å²) in [4.78, 5) is 14.1. The third-order valence-corrected chi connectivity index (χ3v) is 3.31. The second kappa shape index (κ2) is 7.49. The fraction of sp³-hybridized carbons (Fsp3) is 0.786. The number of rotatable bonds is 1. The van der Waals surface area contributed by atoms with Crippen molar-refractivity contribution in [2.75, 3.05) is 26.3 Å². The lowest BCUT2D eigenvalue weighted by Gasteiger charge is -2.31. The van der Waals surface area contributed by atoms with Crippen LogP contribution in [0.5, 0.6) is 0 Å². The molecule has 1 fully saturated rings. The van der Waals surface area contributed by atoms with E-state index in [1.54, 1.807) is 0 Å². The van der Waals surface area contributed by atoms with Gasteiger partial charge in [-0.15, -0.1) is 0 Å². The van der Waals surface area contributed by atoms with Crippen molar-refractivity contribution in [3.63, 3.8) is 0 Å². The van der Waals surface area contributed by atoms with Crippen LogP contribution in [0.1, 0.15) is 40.0 Å². The smallest absolute Gasteiger partial charge is 0.226 e. The molecule has 0 aromatic heterocycles. The molecule has 1 atom stereocenters. The summed E-state index contributed by atoms with van der Waals surface area (Å²) < 4.78 is 5.25. The molecule has 1 unspecified atom stereocenters. The van der Waals surface area contributed by atoms with Gasteiger partial charge >= 0.3 is 0 Å². The van der Waals surface area contributed by atoms with Crippen LogP contribution in [0.2, 0.25) is 0 Å². The first-order valence-electron chi connectivity index (χ1n) is 6.79. The van der Waals surface area contributed by atoms with E-state index in [9.17, 15) is 4.79 Å². The number of hydrogen-bond donors (Lipinski definition) is 0. The van der Waals surface area contributed by atoms with E-state index in [-0.39, 0.29) is 5.92 Å². The Balaban J connectivity index is 0.000000686. The summed E-state index contributed by atoms with van der Waals surface area (Å²) >= 11 is 0. The Bertz CT molecular complexity index is 267. The van der Waals surface area contributed by atoms with Gasteiger partial charge in [-0.1, -0.05) is 25.5 Å². The van der Waals surface area contributed by atoms with Crippen molar-refractivity contribution in [3.05, 3.63) is 11.6 Å². The zero-order valence-electron chi connectivity index (χ0n) is 11.4. The van der Waals surface area contributed by atoms with Gasteiger partial charge in [0.05, 0.1) is 13.2 Å². The van der Waals surface area contributed by atoms with Crippen molar-refractivity contribution < 1.29 is 9.53 Å². The third kappa shape index (κ3) is 4.15. The molecule has 0 aromatic carbocycles. The Morgan fingerprint density at radius 2 is 2.00 bits per heavy atom. The average molecular weight is 239 g/mol. The van der Waals surface area contributed by atoms with Gasteiger partial charge in [-0.25, -0.2) is 0 Å². The quantitative estimate of drug-likeness (QED) is 0.658. The van der Waals surface area contributed by atoms with E-state index in [0.29, 0.717) is 19.1 Å². The van der Waals surface area contributed by atoms with Crippen LogP contribution in [0.25, 0.3) is 0 Å². The summed E-state index contributed by atoms with van der Waals surface area (Å²) in [6.45, 7) is 9.10. The molecule has 3 nitrogen and oxygen atoms in total. The van der Waals surface area contributed by atoms with Crippen molar-refractivity contribution in [3.8, 4) is 0 Å². The Labute approximate surface area is 105 Å². The Kier molecular flexibility index (Phi) is 6.27. The monoisotopic (exact) mass is 239 g/mol. The molecule has 1 amide bonds. The van der Waals surface area contributed by atoms with Crippen LogP contribution in [0.15, 0.2) is 11.6 Å². The molecule has 98 valence electrons. The topological polar surface area (TPSA) is 29.5 Å². The minimum Gasteiger partial charge on any atom is -0.378 e. The molecule has 1 heterocycles. The van der Waals surface area contributed by atoms with Gasteiger partial charge in [0.15, 0.2) is 0 Å². The van der Waals surface area contributed by atoms with Gasteiger partial charge in [0.1, 0.15) is 0 Å². The highest BCUT2D eigenvalue weighted by Gasteiger charge is 2.26. The number of carbonyl (C=O) groups excluding carboxylic acids is 1. The van der Waals surface area contributed by atoms with E-state index in [0.717, 1.165) is 32.4 Å². The fourth-order valence-electron chi connectivity index (χ4n) is 2.23. The van der Waals surface area contributed by atoms with Crippen LogP contribution < -0.4 is 0 Å². The van der Waals surface area contributed by atoms with Crippen LogP contribution >= 0.6 is 0 Å². The lowest BCUT2D eigenvalue weighted by Crippen LogP contribution is -2.44. The first-order valence-corrected chi connectivity index (χ1v) is 6.79. The minimum atomic E-state index is 0.229. The molecule has 0 saturated carbocycles. The maximum Gasteiger partial charge on any atom is 0.226 e. The summed E-state index contributed by atoms with van der Waals surface area (Å²) in [7, 11) is 0. The van der Waals surface area contributed by atoms with Gasteiger partial charge in [0, 0.05) is 19.0 Å². The molecule has 1 aliphatic carbocycles. The van der Waals surface area contributed by atoms with Crippen LogP contribution in [-0.4, -0.2) is 37.1 Å². The van der Waals surface area contributed by atoms with Crippen molar-refractivity contribution in [1.29, 1.82) is 0 Å². The highest BCUT2D eigenvalue weighted by molar-refractivity contribution is 5.79. The fourth-order valence-corrected chi connectivity index (χ4v) is 2.23. The number of carbonyl (C=O) groups is 1. The highest BCUT2D eigenvalue weighted by atomic mass is 16.5. The average Bonchev–Trinajstić information content (AvgIpc) is 2.42. The summed E-state index contributed by atoms with van der Waals surface area (Å²) in [6, 6.07) is 0. The number of ether oxygens (including phenoxy) is 1. The molecule has 1 saturated heterocycles. The molecule has 2 rings (SSSR count). The van der Waals surface area contributed by atoms with E-state index in [1.807, 2.05) is 18.7 Å². The lowest BCUT2D eigenvalue weighted by molar-refractivity contribution is -0.139. The molecule has 0 N–H and O–H groups in total. The summed E-state index contributed by atoms with van der Waals surface area (Å²) in [5.41, 5.74) is 1.43. The second-order valence-electron chi connectivity index (χ2n) is 4.46. The van der Waals surface area contributed by atoms with E-state index in [2.05, 4.69) is 13.0 Å². The second-order valence-corrected chi connectivity index (χ2v) is 4.46. The third-order valence-electron chi connectivity index (χ3n) is 3.31. The molecule has 3 heteroatoms. The van der Waals surface area contributed by atoms with E-state index in [4.69, 9.17) is 4.74 Å². The first kappa shape index (κ1) is 14.2. The van der Waals surface area contributed by atoms with Crippen molar-refractivity contribution in [2.45, 2.75) is 40.0 Å². The summed E-state index contributed by atoms with van der Waals surface area (Å²) in [6.07, 6.45) is 5.26. The number of nitrogens with zero attached hydrogens (tertiary/aromatic N) is 1. The molecule has 1 aliphatic heterocycles. The first-order chi connectivity index (χ1) is 8.27. The SMILES string of the molecule is CC.CC1=CCC(C(=O)N2CCOCC2)CC1. The molecular weight excluding hydrogens is 214 g/mol. The molecule has 0 spiro atoms. The van der Waals surface area contributed by atoms with Crippen LogP contribution in [-0.2, 0) is 9.53 Å². The molecule has 2 aliphatic rings. The lowest BCUT2D eigenvalue weighted by atomic mass is 9.89. The standard InChI is InChI=1S/C12H19NO2.C2H6/c1-10-2-4-11(5-3-10)12(14)13-6-8-15-9-7-13;1-2/h2,11H,3-9H2,1H3;1-2H3. The Morgan fingerprint density at radius 1 is 1.35 bits per heavy atom. The maximum absolute atomic E-state index is 12.1. The van der Waals surface area contributed by atoms with Gasteiger partial charge in [-0.3, -0.25) is 4.79 Å². The predicted octanol–water partition coefficient (Wildman–Crippen LogP) is 2.62. The number of hydrogen-bond acceptors (Lipinski definition) is 2. The zero-order chi connectivity index (χ0) is 12.7. The van der Waals surface area contributed by atoms with Crippen LogP contribution in [0.4, 0.5) is 0 Å². The van der Waals surface area contributed by atoms with Gasteiger partial charge in [-0.05, 0) is 26.2 Å². The molecular formula is C14H25NO2. The van der Waals surface area contributed by atoms with Crippen LogP contribution in [0, 0.1) is 5.92 Å². The Hall–Kier alpha value is -0.830. The predicted molar refractivity (Wildman–Crippen MR) is 69.8 cm³/mol. The number of morpholine rings is 1. The molecule has 0 radical (unpaired) electrons. The Morgan fingerprint density at radius 3 is 2.53 bits per heavy atom. The zero-order valence-corrected chi connectivity index (χ0v) is 11.4. The van der Waals surface area contributed by atoms with E-state index < -0.39 is 0 Å². The highest BCUT2D eigenvalue weighted by Crippen LogP contribution is 2.25. The van der Waals surface area contributed by atoms with Crippen molar-refractivity contribution in [1.82, 2.24) is 4.90 Å². The van der Waals surface area contributed by atoms with Gasteiger partial charge < -0.3 is 9.64 Å². The summed E-state index contributed by atoms with van der Waals surface area (Å²) in [5.74, 6) is 0.564. The van der Waals surface area contributed by atoms with Gasteiger partial charge in [0.2, 0.25) is 5.91 Å². The molecule has 0 bridgehead atoms. The summed E-state index contributed by atoms with van der Waals surface area (Å²) in [5, 5.41) is 0. The van der Waals surface area contributed by atoms with Gasteiger partial charge in [-0.2, -0.15) is 0 Å². The van der Waals surface area contributed by atoms with Crippen LogP contribution in [0.3, 0.4) is 0 Å². The van der Waals surface area contributed by atoms with Crippen molar-refractivity contribution in [2.24, 2.45) is 5.92 Å². The molecule has 17 heavy (non-hydrogen) atoms. The largest absolute Gasteiger partial charge is 0.378 e. The number of amides is 1. The normalized spacial score (nSPS) is 24.5. The van der Waals surface area contributed by atoms with E-state index in [1.165, 1.54) is 5.57 Å². The molecule has 0 aromatic rings. The number of allylic oxidation sites excluding steroid dienone is 2. The van der Waals surface area contributed by atoms with Crippen molar-refractivity contribution >= 4 is 5.91 Å². The maximum atomic E-state index is 12.1. The van der Waals surface area contributed by atoms with Gasteiger partial charge in [0.25, 0.3) is 0 Å². The van der Waals surface area contributed by atoms with E-state index >= 15 is 0 Å².